The minimum atomic E-state index is -2.98. The second-order valence-electron chi connectivity index (χ2n) is 8.45. The van der Waals surface area contributed by atoms with Crippen LogP contribution in [0.25, 0.3) is 0 Å². The Kier molecular flexibility index (Phi) is 6.95. The van der Waals surface area contributed by atoms with Crippen LogP contribution in [0.4, 0.5) is 0 Å². The van der Waals surface area contributed by atoms with Gasteiger partial charge in [0, 0.05) is 23.6 Å². The van der Waals surface area contributed by atoms with E-state index in [1.807, 2.05) is 30.3 Å². The van der Waals surface area contributed by atoms with E-state index in [0.29, 0.717) is 29.4 Å². The molecule has 5 nitrogen and oxygen atoms in total. The van der Waals surface area contributed by atoms with Crippen molar-refractivity contribution in [3.05, 3.63) is 65.7 Å². The third kappa shape index (κ3) is 4.58. The Morgan fingerprint density at radius 2 is 1.33 bits per heavy atom. The molecule has 160 valence electrons. The molecular formula is C24H31N2O3P. The van der Waals surface area contributed by atoms with Gasteiger partial charge in [0.15, 0.2) is 0 Å². The Bertz CT molecular complexity index is 913. The van der Waals surface area contributed by atoms with Crippen molar-refractivity contribution < 1.29 is 14.2 Å². The Morgan fingerprint density at radius 3 is 1.83 bits per heavy atom. The fourth-order valence-electron chi connectivity index (χ4n) is 4.20. The van der Waals surface area contributed by atoms with Crippen molar-refractivity contribution in [1.29, 1.82) is 0 Å². The highest BCUT2D eigenvalue weighted by molar-refractivity contribution is 7.71. The smallest absolute Gasteiger partial charge is 0.261 e. The molecule has 3 rings (SSSR count). The first-order valence-electron chi connectivity index (χ1n) is 10.6. The van der Waals surface area contributed by atoms with Crippen molar-refractivity contribution in [2.24, 2.45) is 0 Å². The SMILES string of the molecule is CC(C)N(CCCP(=O)(CN1C(=O)c2ccccc2C1=O)c1ccccc1)C(C)C. The molecule has 1 atom stereocenters. The molecule has 1 aliphatic heterocycles. The average molecular weight is 426 g/mol. The number of nitrogens with zero attached hydrogens (tertiary/aromatic N) is 2. The number of fused-ring (bicyclic) bond motifs is 1. The van der Waals surface area contributed by atoms with Crippen LogP contribution >= 0.6 is 7.14 Å². The second kappa shape index (κ2) is 9.28. The Hall–Kier alpha value is -2.23. The zero-order valence-corrected chi connectivity index (χ0v) is 19.1. The molecule has 6 heteroatoms. The van der Waals surface area contributed by atoms with E-state index in [1.54, 1.807) is 24.3 Å². The average Bonchev–Trinajstić information content (AvgIpc) is 2.96. The van der Waals surface area contributed by atoms with Gasteiger partial charge in [-0.25, -0.2) is 0 Å². The maximum atomic E-state index is 14.2. The second-order valence-corrected chi connectivity index (χ2v) is 11.5. The van der Waals surface area contributed by atoms with Gasteiger partial charge >= 0.3 is 0 Å². The quantitative estimate of drug-likeness (QED) is 0.439. The van der Waals surface area contributed by atoms with Gasteiger partial charge in [0.05, 0.1) is 17.4 Å². The highest BCUT2D eigenvalue weighted by atomic mass is 31.2. The standard InChI is InChI=1S/C24H31N2O3P/c1-18(2)25(19(3)4)15-10-16-30(29,20-11-6-5-7-12-20)17-26-23(27)21-13-8-9-14-22(21)24(26)28/h5-9,11-14,18-19H,10,15-17H2,1-4H3. The van der Waals surface area contributed by atoms with Crippen LogP contribution in [0.5, 0.6) is 0 Å². The third-order valence-electron chi connectivity index (χ3n) is 5.74. The first kappa shape index (κ1) is 22.5. The summed E-state index contributed by atoms with van der Waals surface area (Å²) in [6, 6.07) is 16.9. The van der Waals surface area contributed by atoms with Crippen molar-refractivity contribution in [3.63, 3.8) is 0 Å². The number of imide groups is 1. The number of carbonyl (C=O) groups is 2. The maximum Gasteiger partial charge on any atom is 0.261 e. The van der Waals surface area contributed by atoms with Crippen LogP contribution in [0.2, 0.25) is 0 Å². The minimum Gasteiger partial charge on any atom is -0.317 e. The summed E-state index contributed by atoms with van der Waals surface area (Å²) in [5, 5.41) is 0.724. The molecule has 1 unspecified atom stereocenters. The lowest BCUT2D eigenvalue weighted by molar-refractivity contribution is 0.0680. The summed E-state index contributed by atoms with van der Waals surface area (Å²) in [4.78, 5) is 29.3. The number of hydrogen-bond donors (Lipinski definition) is 0. The van der Waals surface area contributed by atoms with E-state index in [4.69, 9.17) is 0 Å². The molecule has 1 heterocycles. The molecule has 0 saturated carbocycles. The van der Waals surface area contributed by atoms with E-state index in [0.717, 1.165) is 18.3 Å². The van der Waals surface area contributed by atoms with Crippen LogP contribution in [-0.2, 0) is 4.57 Å². The van der Waals surface area contributed by atoms with E-state index in [2.05, 4.69) is 32.6 Å². The Labute approximate surface area is 179 Å². The summed E-state index contributed by atoms with van der Waals surface area (Å²) in [6.07, 6.45) is 1.15. The molecule has 0 bridgehead atoms. The summed E-state index contributed by atoms with van der Waals surface area (Å²) in [7, 11) is -2.98. The van der Waals surface area contributed by atoms with Gasteiger partial charge in [-0.1, -0.05) is 42.5 Å². The molecular weight excluding hydrogens is 395 g/mol. The lowest BCUT2D eigenvalue weighted by Crippen LogP contribution is -2.38. The predicted molar refractivity (Wildman–Crippen MR) is 122 cm³/mol. The summed E-state index contributed by atoms with van der Waals surface area (Å²) >= 11 is 0. The molecule has 0 aliphatic carbocycles. The minimum absolute atomic E-state index is 0.0489. The van der Waals surface area contributed by atoms with Crippen molar-refractivity contribution in [2.75, 3.05) is 19.0 Å². The molecule has 0 spiro atoms. The first-order valence-corrected chi connectivity index (χ1v) is 12.7. The highest BCUT2D eigenvalue weighted by Gasteiger charge is 2.40. The molecule has 1 aliphatic rings. The van der Waals surface area contributed by atoms with Crippen molar-refractivity contribution in [2.45, 2.75) is 46.2 Å². The summed E-state index contributed by atoms with van der Waals surface area (Å²) in [5.74, 6) is -0.699. The summed E-state index contributed by atoms with van der Waals surface area (Å²) < 4.78 is 14.2. The van der Waals surface area contributed by atoms with Gasteiger partial charge in [-0.15, -0.1) is 0 Å². The lowest BCUT2D eigenvalue weighted by Gasteiger charge is -2.31. The largest absolute Gasteiger partial charge is 0.317 e. The Morgan fingerprint density at radius 1 is 0.833 bits per heavy atom. The van der Waals surface area contributed by atoms with Gasteiger partial charge < -0.3 is 4.57 Å². The molecule has 0 saturated heterocycles. The van der Waals surface area contributed by atoms with Gasteiger partial charge in [-0.3, -0.25) is 19.4 Å². The van der Waals surface area contributed by atoms with Crippen LogP contribution in [-0.4, -0.2) is 52.7 Å². The molecule has 0 fully saturated rings. The van der Waals surface area contributed by atoms with E-state index in [9.17, 15) is 14.2 Å². The molecule has 2 aromatic carbocycles. The topological polar surface area (TPSA) is 57.7 Å². The molecule has 2 amide bonds. The number of benzene rings is 2. The number of carbonyl (C=O) groups excluding carboxylic acids is 2. The van der Waals surface area contributed by atoms with E-state index >= 15 is 0 Å². The number of rotatable bonds is 9. The monoisotopic (exact) mass is 426 g/mol. The number of amides is 2. The zero-order valence-electron chi connectivity index (χ0n) is 18.2. The molecule has 30 heavy (non-hydrogen) atoms. The van der Waals surface area contributed by atoms with Gasteiger partial charge in [0.1, 0.15) is 7.14 Å². The van der Waals surface area contributed by atoms with Gasteiger partial charge in [0.2, 0.25) is 0 Å². The lowest BCUT2D eigenvalue weighted by atomic mass is 10.1. The highest BCUT2D eigenvalue weighted by Crippen LogP contribution is 2.47. The van der Waals surface area contributed by atoms with Gasteiger partial charge in [-0.2, -0.15) is 0 Å². The summed E-state index contributed by atoms with van der Waals surface area (Å²) in [5.41, 5.74) is 0.792. The summed E-state index contributed by atoms with van der Waals surface area (Å²) in [6.45, 7) is 9.48. The Balaban J connectivity index is 1.83. The first-order chi connectivity index (χ1) is 14.2. The molecule has 0 N–H and O–H groups in total. The fourth-order valence-corrected chi connectivity index (χ4v) is 6.84. The van der Waals surface area contributed by atoms with Crippen LogP contribution in [0, 0.1) is 0 Å². The normalized spacial score (nSPS) is 15.9. The van der Waals surface area contributed by atoms with E-state index in [1.165, 1.54) is 4.90 Å². The molecule has 0 radical (unpaired) electrons. The van der Waals surface area contributed by atoms with Crippen molar-refractivity contribution in [1.82, 2.24) is 9.80 Å². The van der Waals surface area contributed by atoms with Crippen LogP contribution < -0.4 is 5.30 Å². The number of hydrogen-bond acceptors (Lipinski definition) is 4. The van der Waals surface area contributed by atoms with E-state index in [-0.39, 0.29) is 18.1 Å². The maximum absolute atomic E-state index is 14.2. The van der Waals surface area contributed by atoms with Gasteiger partial charge in [0.25, 0.3) is 11.8 Å². The molecule has 2 aromatic rings. The molecule has 0 aromatic heterocycles. The van der Waals surface area contributed by atoms with Crippen molar-refractivity contribution >= 4 is 24.3 Å². The van der Waals surface area contributed by atoms with E-state index < -0.39 is 7.14 Å². The van der Waals surface area contributed by atoms with Gasteiger partial charge in [-0.05, 0) is 52.8 Å². The van der Waals surface area contributed by atoms with Crippen molar-refractivity contribution in [3.8, 4) is 0 Å². The van der Waals surface area contributed by atoms with Crippen LogP contribution in [0.3, 0.4) is 0 Å². The third-order valence-corrected chi connectivity index (χ3v) is 8.75. The van der Waals surface area contributed by atoms with Crippen LogP contribution in [0.1, 0.15) is 54.8 Å². The fraction of sp³-hybridized carbons (Fsp3) is 0.417. The van der Waals surface area contributed by atoms with Crippen LogP contribution in [0.15, 0.2) is 54.6 Å². The predicted octanol–water partition coefficient (Wildman–Crippen LogP) is 4.44. The zero-order chi connectivity index (χ0) is 21.9.